The van der Waals surface area contributed by atoms with Gasteiger partial charge < -0.3 is 15.2 Å². The van der Waals surface area contributed by atoms with E-state index in [2.05, 4.69) is 31.3 Å². The van der Waals surface area contributed by atoms with Crippen LogP contribution in [0.3, 0.4) is 0 Å². The third kappa shape index (κ3) is 2.66. The van der Waals surface area contributed by atoms with Gasteiger partial charge in [0, 0.05) is 37.1 Å². The second kappa shape index (κ2) is 6.06. The highest BCUT2D eigenvalue weighted by Gasteiger charge is 2.43. The number of aromatic nitrogens is 4. The van der Waals surface area contributed by atoms with Crippen molar-refractivity contribution in [2.45, 2.75) is 31.3 Å². The Kier molecular flexibility index (Phi) is 3.65. The van der Waals surface area contributed by atoms with Gasteiger partial charge in [0.25, 0.3) is 5.91 Å². The van der Waals surface area contributed by atoms with E-state index >= 15 is 0 Å². The summed E-state index contributed by atoms with van der Waals surface area (Å²) < 4.78 is 3.85. The van der Waals surface area contributed by atoms with Crippen molar-refractivity contribution in [2.75, 3.05) is 11.9 Å². The summed E-state index contributed by atoms with van der Waals surface area (Å²) >= 11 is 0. The molecule has 1 spiro atoms. The van der Waals surface area contributed by atoms with Gasteiger partial charge in [0.15, 0.2) is 5.82 Å². The molecule has 2 aliphatic rings. The van der Waals surface area contributed by atoms with Gasteiger partial charge in [0.1, 0.15) is 12.0 Å². The number of carbonyl (C=O) groups is 1. The van der Waals surface area contributed by atoms with Gasteiger partial charge in [-0.15, -0.1) is 0 Å². The van der Waals surface area contributed by atoms with Crippen LogP contribution >= 0.6 is 0 Å². The summed E-state index contributed by atoms with van der Waals surface area (Å²) in [5, 5.41) is 11.0. The van der Waals surface area contributed by atoms with Crippen LogP contribution < -0.4 is 10.6 Å². The van der Waals surface area contributed by atoms with Crippen LogP contribution in [0, 0.1) is 0 Å². The van der Waals surface area contributed by atoms with Gasteiger partial charge in [-0.25, -0.2) is 4.98 Å². The Morgan fingerprint density at radius 3 is 2.67 bits per heavy atom. The Morgan fingerprint density at radius 2 is 2.00 bits per heavy atom. The summed E-state index contributed by atoms with van der Waals surface area (Å²) in [6.45, 7) is 1.74. The zero-order valence-electron chi connectivity index (χ0n) is 15.3. The number of nitrogens with one attached hydrogen (secondary N) is 2. The van der Waals surface area contributed by atoms with E-state index in [1.165, 1.54) is 12.1 Å². The van der Waals surface area contributed by atoms with Crippen molar-refractivity contribution in [1.29, 1.82) is 0 Å². The monoisotopic (exact) mass is 362 g/mol. The average molecular weight is 362 g/mol. The van der Waals surface area contributed by atoms with Crippen LogP contribution in [-0.4, -0.2) is 31.8 Å². The molecule has 2 N–H and O–H groups in total. The highest BCUT2D eigenvalue weighted by molar-refractivity contribution is 6.03. The van der Waals surface area contributed by atoms with Crippen molar-refractivity contribution < 1.29 is 4.79 Å². The molecule has 1 amide bonds. The first-order chi connectivity index (χ1) is 13.1. The number of fused-ring (bicyclic) bond motifs is 2. The molecule has 2 aromatic heterocycles. The van der Waals surface area contributed by atoms with E-state index in [1.807, 2.05) is 37.4 Å². The summed E-state index contributed by atoms with van der Waals surface area (Å²) in [6, 6.07) is 11.7. The van der Waals surface area contributed by atoms with E-state index in [1.54, 1.807) is 11.0 Å². The molecule has 1 aliphatic carbocycles. The van der Waals surface area contributed by atoms with Crippen molar-refractivity contribution in [3.8, 4) is 11.4 Å². The van der Waals surface area contributed by atoms with Crippen molar-refractivity contribution in [2.24, 2.45) is 7.05 Å². The van der Waals surface area contributed by atoms with Crippen molar-refractivity contribution >= 4 is 11.6 Å². The third-order valence-corrected chi connectivity index (χ3v) is 5.71. The van der Waals surface area contributed by atoms with E-state index in [0.29, 0.717) is 5.82 Å². The molecular weight excluding hydrogens is 340 g/mol. The molecule has 138 valence electrons. The number of amides is 1. The van der Waals surface area contributed by atoms with Crippen LogP contribution in [0.15, 0.2) is 42.7 Å². The van der Waals surface area contributed by atoms with Crippen LogP contribution in [0.5, 0.6) is 0 Å². The number of benzene rings is 1. The molecule has 3 aromatic rings. The summed E-state index contributed by atoms with van der Waals surface area (Å²) in [7, 11) is 1.84. The normalized spacial score (nSPS) is 17.4. The van der Waals surface area contributed by atoms with E-state index in [0.717, 1.165) is 42.9 Å². The Morgan fingerprint density at radius 1 is 1.19 bits per heavy atom. The predicted molar refractivity (Wildman–Crippen MR) is 102 cm³/mol. The molecule has 0 radical (unpaired) electrons. The smallest absolute Gasteiger partial charge is 0.272 e. The molecule has 0 atom stereocenters. The first-order valence-electron chi connectivity index (χ1n) is 9.37. The fourth-order valence-electron chi connectivity index (χ4n) is 4.15. The quantitative estimate of drug-likeness (QED) is 0.751. The molecule has 7 nitrogen and oxygen atoms in total. The highest BCUT2D eigenvalue weighted by Crippen LogP contribution is 2.43. The van der Waals surface area contributed by atoms with Crippen LogP contribution in [0.2, 0.25) is 0 Å². The maximum absolute atomic E-state index is 12.8. The second-order valence-corrected chi connectivity index (χ2v) is 7.39. The van der Waals surface area contributed by atoms with Crippen LogP contribution in [0.4, 0.5) is 5.69 Å². The highest BCUT2D eigenvalue weighted by atomic mass is 16.2. The van der Waals surface area contributed by atoms with Gasteiger partial charge in [0.05, 0.1) is 5.54 Å². The minimum Gasteiger partial charge on any atom is -0.338 e. The predicted octanol–water partition coefficient (Wildman–Crippen LogP) is 2.52. The number of rotatable bonds is 3. The Hall–Kier alpha value is -2.93. The van der Waals surface area contributed by atoms with E-state index < -0.39 is 0 Å². The van der Waals surface area contributed by atoms with E-state index in [9.17, 15) is 4.79 Å². The van der Waals surface area contributed by atoms with Gasteiger partial charge in [-0.3, -0.25) is 9.48 Å². The fourth-order valence-corrected chi connectivity index (χ4v) is 4.15. The van der Waals surface area contributed by atoms with Gasteiger partial charge in [-0.05, 0) is 55.7 Å². The average Bonchev–Trinajstić information content (AvgIpc) is 3.27. The number of anilines is 1. The lowest BCUT2D eigenvalue weighted by molar-refractivity contribution is 0.100. The molecule has 0 unspecified atom stereocenters. The maximum atomic E-state index is 12.8. The SMILES string of the molecule is Cn1cnc(-c2ccc(NC(=O)c3ccc4n3CCNC43CCC3)cc2)n1. The zero-order chi connectivity index (χ0) is 18.4. The standard InChI is InChI=1S/C20H22N6O/c1-25-13-21-18(24-25)14-3-5-15(6-4-14)23-19(27)16-7-8-17-20(9-2-10-20)22-11-12-26(16)17/h3-8,13,22H,2,9-12H2,1H3,(H,23,27). The minimum atomic E-state index is -0.0682. The summed E-state index contributed by atoms with van der Waals surface area (Å²) in [5.41, 5.74) is 3.76. The molecule has 1 fully saturated rings. The number of hydrogen-bond donors (Lipinski definition) is 2. The lowest BCUT2D eigenvalue weighted by atomic mass is 9.73. The minimum absolute atomic E-state index is 0.0682. The molecule has 7 heteroatoms. The van der Waals surface area contributed by atoms with Gasteiger partial charge >= 0.3 is 0 Å². The van der Waals surface area contributed by atoms with Crippen molar-refractivity contribution in [3.05, 3.63) is 54.1 Å². The molecule has 3 heterocycles. The molecule has 0 saturated heterocycles. The third-order valence-electron chi connectivity index (χ3n) is 5.71. The summed E-state index contributed by atoms with van der Waals surface area (Å²) in [5.74, 6) is 0.607. The zero-order valence-corrected chi connectivity index (χ0v) is 15.3. The number of carbonyl (C=O) groups excluding carboxylic acids is 1. The lowest BCUT2D eigenvalue weighted by Crippen LogP contribution is -2.53. The fraction of sp³-hybridized carbons (Fsp3) is 0.350. The first kappa shape index (κ1) is 16.3. The van der Waals surface area contributed by atoms with E-state index in [-0.39, 0.29) is 11.4 Å². The molecule has 27 heavy (non-hydrogen) atoms. The largest absolute Gasteiger partial charge is 0.338 e. The van der Waals surface area contributed by atoms with Crippen LogP contribution in [-0.2, 0) is 19.1 Å². The van der Waals surface area contributed by atoms with Crippen molar-refractivity contribution in [1.82, 2.24) is 24.6 Å². The molecule has 1 aromatic carbocycles. The molecular formula is C20H22N6O. The molecule has 1 aliphatic heterocycles. The molecule has 1 saturated carbocycles. The van der Waals surface area contributed by atoms with Crippen molar-refractivity contribution in [3.63, 3.8) is 0 Å². The Bertz CT molecular complexity index is 996. The number of hydrogen-bond acceptors (Lipinski definition) is 4. The van der Waals surface area contributed by atoms with Crippen LogP contribution in [0.1, 0.15) is 35.4 Å². The lowest BCUT2D eigenvalue weighted by Gasteiger charge is -2.46. The maximum Gasteiger partial charge on any atom is 0.272 e. The summed E-state index contributed by atoms with van der Waals surface area (Å²) in [4.78, 5) is 17.1. The first-order valence-corrected chi connectivity index (χ1v) is 9.37. The second-order valence-electron chi connectivity index (χ2n) is 7.39. The Labute approximate surface area is 157 Å². The topological polar surface area (TPSA) is 76.8 Å². The number of aryl methyl sites for hydroxylation is 1. The summed E-state index contributed by atoms with van der Waals surface area (Å²) in [6.07, 6.45) is 5.23. The molecule has 0 bridgehead atoms. The molecule has 5 rings (SSSR count). The number of nitrogens with zero attached hydrogens (tertiary/aromatic N) is 4. The Balaban J connectivity index is 1.35. The van der Waals surface area contributed by atoms with Crippen LogP contribution in [0.25, 0.3) is 11.4 Å². The van der Waals surface area contributed by atoms with Gasteiger partial charge in [-0.1, -0.05) is 0 Å². The van der Waals surface area contributed by atoms with Gasteiger partial charge in [0.2, 0.25) is 0 Å². The van der Waals surface area contributed by atoms with E-state index in [4.69, 9.17) is 0 Å². The van der Waals surface area contributed by atoms with Gasteiger partial charge in [-0.2, -0.15) is 5.10 Å².